The number of fused-ring (bicyclic) bond motifs is 1. The number of nitrogens with one attached hydrogen (secondary N) is 1. The molecular weight excluding hydrogens is 318 g/mol. The van der Waals surface area contributed by atoms with Crippen molar-refractivity contribution in [2.24, 2.45) is 0 Å². The molecule has 0 amide bonds. The Balaban J connectivity index is 1.62. The van der Waals surface area contributed by atoms with Gasteiger partial charge in [-0.2, -0.15) is 0 Å². The molecule has 0 saturated carbocycles. The molecule has 1 heterocycles. The number of hydrogen-bond acceptors (Lipinski definition) is 3. The molecule has 7 heteroatoms. The van der Waals surface area contributed by atoms with Crippen LogP contribution in [-0.2, 0) is 11.3 Å². The van der Waals surface area contributed by atoms with Gasteiger partial charge in [0.15, 0.2) is 0 Å². The number of H-pyrrole nitrogens is 1. The minimum atomic E-state index is -1.06. The lowest BCUT2D eigenvalue weighted by Gasteiger charge is -2.07. The van der Waals surface area contributed by atoms with Crippen LogP contribution in [0.15, 0.2) is 47.3 Å². The molecule has 0 atom stereocenters. The van der Waals surface area contributed by atoms with Crippen LogP contribution in [0.25, 0.3) is 11.0 Å². The largest absolute Gasteiger partial charge is 0.462 e. The van der Waals surface area contributed by atoms with Crippen molar-refractivity contribution in [3.05, 3.63) is 70.1 Å². The van der Waals surface area contributed by atoms with E-state index in [-0.39, 0.29) is 12.3 Å². The lowest BCUT2D eigenvalue weighted by Crippen LogP contribution is -2.18. The number of aromatic amines is 1. The Morgan fingerprint density at radius 3 is 2.54 bits per heavy atom. The molecule has 124 valence electrons. The zero-order valence-corrected chi connectivity index (χ0v) is 12.6. The molecule has 0 saturated heterocycles. The summed E-state index contributed by atoms with van der Waals surface area (Å²) in [5, 5.41) is 0. The molecule has 0 spiro atoms. The first kappa shape index (κ1) is 15.9. The number of carbonyl (C=O) groups is 1. The fraction of sp³-hybridized carbons (Fsp3) is 0.176. The van der Waals surface area contributed by atoms with E-state index in [1.54, 1.807) is 12.1 Å². The molecule has 0 aliphatic carbocycles. The summed E-state index contributed by atoms with van der Waals surface area (Å²) < 4.78 is 33.4. The van der Waals surface area contributed by atoms with E-state index in [2.05, 4.69) is 4.98 Å². The second-order valence-corrected chi connectivity index (χ2v) is 5.19. The number of benzene rings is 2. The SMILES string of the molecule is O=C(OCCCn1c(=O)[nH]c2ccccc21)c1c(F)cccc1F. The average molecular weight is 332 g/mol. The van der Waals surface area contributed by atoms with Crippen LogP contribution in [0.1, 0.15) is 16.8 Å². The second-order valence-electron chi connectivity index (χ2n) is 5.19. The van der Waals surface area contributed by atoms with Gasteiger partial charge in [0.05, 0.1) is 17.6 Å². The van der Waals surface area contributed by atoms with Crippen molar-refractivity contribution in [3.63, 3.8) is 0 Å². The standard InChI is InChI=1S/C17H14F2N2O3/c18-11-5-3-6-12(19)15(11)16(22)24-10-4-9-21-14-8-2-1-7-13(14)20-17(21)23/h1-3,5-8H,4,9-10H2,(H,20,23). The van der Waals surface area contributed by atoms with Crippen LogP contribution in [0.5, 0.6) is 0 Å². The molecule has 0 unspecified atom stereocenters. The second kappa shape index (κ2) is 6.66. The predicted octanol–water partition coefficient (Wildman–Crippen LogP) is 2.85. The highest BCUT2D eigenvalue weighted by Gasteiger charge is 2.18. The van der Waals surface area contributed by atoms with E-state index < -0.39 is 23.2 Å². The van der Waals surface area contributed by atoms with Gasteiger partial charge in [0.1, 0.15) is 17.2 Å². The quantitative estimate of drug-likeness (QED) is 0.577. The number of imidazole rings is 1. The Bertz CT molecular complexity index is 926. The highest BCUT2D eigenvalue weighted by atomic mass is 19.1. The van der Waals surface area contributed by atoms with Crippen molar-refractivity contribution in [1.82, 2.24) is 9.55 Å². The summed E-state index contributed by atoms with van der Waals surface area (Å²) in [6.45, 7) is 0.258. The zero-order valence-electron chi connectivity index (χ0n) is 12.6. The number of esters is 1. The zero-order chi connectivity index (χ0) is 17.1. The van der Waals surface area contributed by atoms with Gasteiger partial charge in [-0.05, 0) is 30.7 Å². The van der Waals surface area contributed by atoms with Gasteiger partial charge in [0.2, 0.25) is 0 Å². The number of hydrogen-bond donors (Lipinski definition) is 1. The molecular formula is C17H14F2N2O3. The topological polar surface area (TPSA) is 64.1 Å². The number of aryl methyl sites for hydroxylation is 1. The molecule has 5 nitrogen and oxygen atoms in total. The molecule has 3 aromatic rings. The summed E-state index contributed by atoms with van der Waals surface area (Å²) in [5.74, 6) is -2.99. The first-order chi connectivity index (χ1) is 11.6. The van der Waals surface area contributed by atoms with Crippen LogP contribution < -0.4 is 5.69 Å². The fourth-order valence-corrected chi connectivity index (χ4v) is 2.48. The Hall–Kier alpha value is -2.96. The Kier molecular flexibility index (Phi) is 4.41. The maximum Gasteiger partial charge on any atom is 0.344 e. The van der Waals surface area contributed by atoms with Crippen LogP contribution in [0.4, 0.5) is 8.78 Å². The van der Waals surface area contributed by atoms with Gasteiger partial charge < -0.3 is 9.72 Å². The molecule has 0 bridgehead atoms. The molecule has 0 radical (unpaired) electrons. The molecule has 1 N–H and O–H groups in total. The van der Waals surface area contributed by atoms with E-state index in [4.69, 9.17) is 4.74 Å². The molecule has 2 aromatic carbocycles. The summed E-state index contributed by atoms with van der Waals surface area (Å²) in [5.41, 5.74) is 0.492. The summed E-state index contributed by atoms with van der Waals surface area (Å²) in [6, 6.07) is 10.4. The van der Waals surface area contributed by atoms with Gasteiger partial charge in [0.25, 0.3) is 0 Å². The lowest BCUT2D eigenvalue weighted by atomic mass is 10.2. The van der Waals surface area contributed by atoms with Crippen LogP contribution in [0, 0.1) is 11.6 Å². The fourth-order valence-electron chi connectivity index (χ4n) is 2.48. The third-order valence-corrected chi connectivity index (χ3v) is 3.61. The normalized spacial score (nSPS) is 10.9. The van der Waals surface area contributed by atoms with Gasteiger partial charge >= 0.3 is 11.7 Å². The summed E-state index contributed by atoms with van der Waals surface area (Å²) in [6.07, 6.45) is 0.337. The van der Waals surface area contributed by atoms with Crippen molar-refractivity contribution in [2.45, 2.75) is 13.0 Å². The van der Waals surface area contributed by atoms with E-state index in [9.17, 15) is 18.4 Å². The van der Waals surface area contributed by atoms with Crippen molar-refractivity contribution >= 4 is 17.0 Å². The number of nitrogens with zero attached hydrogens (tertiary/aromatic N) is 1. The van der Waals surface area contributed by atoms with Gasteiger partial charge in [-0.15, -0.1) is 0 Å². The van der Waals surface area contributed by atoms with Gasteiger partial charge in [-0.1, -0.05) is 18.2 Å². The highest BCUT2D eigenvalue weighted by Crippen LogP contribution is 2.14. The minimum Gasteiger partial charge on any atom is -0.462 e. The molecule has 0 fully saturated rings. The van der Waals surface area contributed by atoms with E-state index in [0.717, 1.165) is 17.6 Å². The summed E-state index contributed by atoms with van der Waals surface area (Å²) in [7, 11) is 0. The first-order valence-electron chi connectivity index (χ1n) is 7.36. The molecule has 1 aromatic heterocycles. The maximum atomic E-state index is 13.5. The van der Waals surface area contributed by atoms with E-state index in [0.29, 0.717) is 18.5 Å². The van der Waals surface area contributed by atoms with E-state index in [1.807, 2.05) is 12.1 Å². The molecule has 0 aliphatic rings. The monoisotopic (exact) mass is 332 g/mol. The van der Waals surface area contributed by atoms with E-state index >= 15 is 0 Å². The highest BCUT2D eigenvalue weighted by molar-refractivity contribution is 5.90. The van der Waals surface area contributed by atoms with Gasteiger partial charge in [0, 0.05) is 6.54 Å². The average Bonchev–Trinajstić information content (AvgIpc) is 2.87. The Labute approximate surface area is 135 Å². The number of aromatic nitrogens is 2. The van der Waals surface area contributed by atoms with Crippen LogP contribution in [0.3, 0.4) is 0 Å². The maximum absolute atomic E-state index is 13.5. The number of ether oxygens (including phenoxy) is 1. The van der Waals surface area contributed by atoms with Crippen LogP contribution >= 0.6 is 0 Å². The van der Waals surface area contributed by atoms with Gasteiger partial charge in [-0.3, -0.25) is 4.57 Å². The number of rotatable bonds is 5. The summed E-state index contributed by atoms with van der Waals surface area (Å²) in [4.78, 5) is 26.3. The Morgan fingerprint density at radius 2 is 1.79 bits per heavy atom. The van der Waals surface area contributed by atoms with Crippen molar-refractivity contribution in [3.8, 4) is 0 Å². The number of carbonyl (C=O) groups excluding carboxylic acids is 1. The number of para-hydroxylation sites is 2. The number of halogens is 2. The van der Waals surface area contributed by atoms with Gasteiger partial charge in [-0.25, -0.2) is 18.4 Å². The third kappa shape index (κ3) is 3.05. The van der Waals surface area contributed by atoms with Crippen LogP contribution in [0.2, 0.25) is 0 Å². The third-order valence-electron chi connectivity index (χ3n) is 3.61. The first-order valence-corrected chi connectivity index (χ1v) is 7.36. The predicted molar refractivity (Wildman–Crippen MR) is 83.8 cm³/mol. The van der Waals surface area contributed by atoms with Crippen molar-refractivity contribution in [1.29, 1.82) is 0 Å². The van der Waals surface area contributed by atoms with Crippen molar-refractivity contribution < 1.29 is 18.3 Å². The molecule has 0 aliphatic heterocycles. The van der Waals surface area contributed by atoms with Crippen molar-refractivity contribution in [2.75, 3.05) is 6.61 Å². The summed E-state index contributed by atoms with van der Waals surface area (Å²) >= 11 is 0. The Morgan fingerprint density at radius 1 is 1.08 bits per heavy atom. The molecule has 3 rings (SSSR count). The lowest BCUT2D eigenvalue weighted by molar-refractivity contribution is 0.0485. The minimum absolute atomic E-state index is 0.0570. The van der Waals surface area contributed by atoms with E-state index in [1.165, 1.54) is 10.6 Å². The molecule has 24 heavy (non-hydrogen) atoms. The van der Waals surface area contributed by atoms with Crippen LogP contribution in [-0.4, -0.2) is 22.1 Å². The smallest absolute Gasteiger partial charge is 0.344 e.